The van der Waals surface area contributed by atoms with E-state index in [1.54, 1.807) is 36.4 Å². The van der Waals surface area contributed by atoms with Crippen LogP contribution >= 0.6 is 0 Å². The van der Waals surface area contributed by atoms with E-state index >= 15 is 0 Å². The molecule has 0 spiro atoms. The zero-order valence-corrected chi connectivity index (χ0v) is 12.9. The molecule has 0 aliphatic heterocycles. The third-order valence-corrected chi connectivity index (χ3v) is 3.59. The number of nitrogens with zero attached hydrogens (tertiary/aromatic N) is 1. The Bertz CT molecular complexity index is 721. The highest BCUT2D eigenvalue weighted by molar-refractivity contribution is 5.99. The highest BCUT2D eigenvalue weighted by Crippen LogP contribution is 2.26. The fourth-order valence-corrected chi connectivity index (χ4v) is 2.37. The minimum atomic E-state index is -4.96. The maximum absolute atomic E-state index is 13.4. The van der Waals surface area contributed by atoms with Crippen molar-refractivity contribution in [2.45, 2.75) is 24.8 Å². The molecule has 8 heteroatoms. The number of alkyl halides is 3. The summed E-state index contributed by atoms with van der Waals surface area (Å²) in [4.78, 5) is 22.4. The maximum atomic E-state index is 13.4. The van der Waals surface area contributed by atoms with E-state index < -0.39 is 29.0 Å². The molecule has 0 bridgehead atoms. The second kappa shape index (κ2) is 7.89. The van der Waals surface area contributed by atoms with Gasteiger partial charge < -0.3 is 0 Å². The van der Waals surface area contributed by atoms with Crippen LogP contribution in [0.5, 0.6) is 0 Å². The summed E-state index contributed by atoms with van der Waals surface area (Å²) in [6, 6.07) is 10.0. The van der Waals surface area contributed by atoms with Crippen LogP contribution in [0.3, 0.4) is 0 Å². The first-order chi connectivity index (χ1) is 11.8. The van der Waals surface area contributed by atoms with Crippen LogP contribution in [0.25, 0.3) is 0 Å². The summed E-state index contributed by atoms with van der Waals surface area (Å²) >= 11 is 0. The van der Waals surface area contributed by atoms with Crippen molar-refractivity contribution in [1.82, 2.24) is 5.32 Å². The Kier molecular flexibility index (Phi) is 5.87. The molecule has 5 nitrogen and oxygen atoms in total. The van der Waals surface area contributed by atoms with Crippen LogP contribution in [0.4, 0.5) is 13.2 Å². The molecular weight excluding hydrogens is 337 g/mol. The van der Waals surface area contributed by atoms with Gasteiger partial charge in [0.15, 0.2) is 6.04 Å². The Morgan fingerprint density at radius 2 is 1.56 bits per heavy atom. The molecule has 0 fully saturated rings. The molecular formula is C17H15F3N2O3. The first-order valence-electron chi connectivity index (χ1n) is 7.37. The highest BCUT2D eigenvalue weighted by atomic mass is 19.4. The van der Waals surface area contributed by atoms with Crippen molar-refractivity contribution in [2.24, 2.45) is 0 Å². The lowest BCUT2D eigenvalue weighted by Crippen LogP contribution is -2.56. The van der Waals surface area contributed by atoms with Crippen LogP contribution in [0, 0.1) is 10.1 Å². The Labute approximate surface area is 141 Å². The van der Waals surface area contributed by atoms with E-state index in [1.807, 2.05) is 0 Å². The Balaban J connectivity index is 2.29. The number of benzene rings is 2. The number of hydrogen-bond acceptors (Lipinski definition) is 4. The molecule has 2 aromatic carbocycles. The molecule has 0 aliphatic carbocycles. The third kappa shape index (κ3) is 4.87. The highest BCUT2D eigenvalue weighted by Gasteiger charge is 2.54. The molecule has 2 atom stereocenters. The molecule has 132 valence electrons. The zero-order chi connectivity index (χ0) is 18.4. The van der Waals surface area contributed by atoms with Gasteiger partial charge in [0.1, 0.15) is 0 Å². The lowest BCUT2D eigenvalue weighted by molar-refractivity contribution is -0.517. The quantitative estimate of drug-likeness (QED) is 0.472. The van der Waals surface area contributed by atoms with E-state index in [4.69, 9.17) is 0 Å². The Hall–Kier alpha value is -2.74. The van der Waals surface area contributed by atoms with Gasteiger partial charge in [0.25, 0.3) is 6.04 Å². The van der Waals surface area contributed by atoms with Gasteiger partial charge in [0.05, 0.1) is 0 Å². The first kappa shape index (κ1) is 18.6. The van der Waals surface area contributed by atoms with E-state index in [2.05, 4.69) is 5.32 Å². The van der Waals surface area contributed by atoms with Gasteiger partial charge in [-0.3, -0.25) is 20.2 Å². The van der Waals surface area contributed by atoms with Gasteiger partial charge >= 0.3 is 6.18 Å². The monoisotopic (exact) mass is 352 g/mol. The molecule has 0 heterocycles. The zero-order valence-electron chi connectivity index (χ0n) is 12.9. The number of rotatable bonds is 7. The van der Waals surface area contributed by atoms with Crippen molar-refractivity contribution < 1.29 is 22.9 Å². The van der Waals surface area contributed by atoms with E-state index in [1.165, 1.54) is 24.3 Å². The van der Waals surface area contributed by atoms with Crippen molar-refractivity contribution >= 4 is 5.78 Å². The minimum Gasteiger partial charge on any atom is -0.296 e. The van der Waals surface area contributed by atoms with Gasteiger partial charge in [-0.05, 0) is 5.56 Å². The number of nitrogens with one attached hydrogen (secondary N) is 1. The number of carbonyl (C=O) groups excluding carboxylic acids is 1. The van der Waals surface area contributed by atoms with Crippen molar-refractivity contribution in [3.8, 4) is 0 Å². The van der Waals surface area contributed by atoms with E-state index in [0.29, 0.717) is 5.56 Å². The molecule has 2 rings (SSSR count). The van der Waals surface area contributed by atoms with Crippen LogP contribution in [0.2, 0.25) is 0 Å². The van der Waals surface area contributed by atoms with Crippen LogP contribution in [-0.4, -0.2) is 29.0 Å². The minimum absolute atomic E-state index is 0.139. The largest absolute Gasteiger partial charge is 0.411 e. The lowest BCUT2D eigenvalue weighted by Gasteiger charge is -2.24. The average molecular weight is 352 g/mol. The van der Waals surface area contributed by atoms with E-state index in [-0.39, 0.29) is 12.1 Å². The van der Waals surface area contributed by atoms with Crippen molar-refractivity contribution in [2.75, 3.05) is 0 Å². The first-order valence-corrected chi connectivity index (χ1v) is 7.37. The predicted octanol–water partition coefficient (Wildman–Crippen LogP) is 3.24. The summed E-state index contributed by atoms with van der Waals surface area (Å²) in [6.07, 6.45) is -4.96. The lowest BCUT2D eigenvalue weighted by atomic mass is 9.97. The fraction of sp³-hybridized carbons (Fsp3) is 0.235. The summed E-state index contributed by atoms with van der Waals surface area (Å²) < 4.78 is 40.2. The molecule has 2 aromatic rings. The Morgan fingerprint density at radius 3 is 2.04 bits per heavy atom. The van der Waals surface area contributed by atoms with Crippen LogP contribution in [-0.2, 0) is 6.54 Å². The van der Waals surface area contributed by atoms with Crippen LogP contribution < -0.4 is 5.32 Å². The standard InChI is InChI=1S/C17H15F3N2O3/c18-17(19,20)16(21-11-12-7-3-1-4-8-12)14(22(24)25)15(23)13-9-5-2-6-10-13/h1-10,14,16,21H,11H2/t14-,16-/m1/s1. The second-order valence-corrected chi connectivity index (χ2v) is 5.35. The molecule has 0 radical (unpaired) electrons. The fourth-order valence-electron chi connectivity index (χ4n) is 2.37. The summed E-state index contributed by atoms with van der Waals surface area (Å²) in [5.74, 6) is -1.19. The van der Waals surface area contributed by atoms with Crippen molar-refractivity contribution in [3.05, 3.63) is 81.9 Å². The van der Waals surface area contributed by atoms with Gasteiger partial charge in [0, 0.05) is 17.0 Å². The number of ketones is 1. The number of Topliss-reactive ketones (excluding diaryl/α,β-unsaturated/α-hetero) is 1. The molecule has 0 aliphatic rings. The summed E-state index contributed by atoms with van der Waals surface area (Å²) in [6.45, 7) is -0.253. The molecule has 0 unspecified atom stereocenters. The number of nitro groups is 1. The van der Waals surface area contributed by atoms with E-state index in [0.717, 1.165) is 0 Å². The number of carbonyl (C=O) groups is 1. The van der Waals surface area contributed by atoms with E-state index in [9.17, 15) is 28.1 Å². The van der Waals surface area contributed by atoms with Gasteiger partial charge in [-0.15, -0.1) is 0 Å². The smallest absolute Gasteiger partial charge is 0.296 e. The van der Waals surface area contributed by atoms with Crippen LogP contribution in [0.1, 0.15) is 15.9 Å². The number of halogens is 3. The van der Waals surface area contributed by atoms with Crippen molar-refractivity contribution in [3.63, 3.8) is 0 Å². The molecule has 0 saturated carbocycles. The van der Waals surface area contributed by atoms with Gasteiger partial charge in [-0.25, -0.2) is 0 Å². The summed E-state index contributed by atoms with van der Waals surface area (Å²) in [7, 11) is 0. The van der Waals surface area contributed by atoms with Gasteiger partial charge in [-0.1, -0.05) is 60.7 Å². The third-order valence-electron chi connectivity index (χ3n) is 3.59. The van der Waals surface area contributed by atoms with Crippen LogP contribution in [0.15, 0.2) is 60.7 Å². The SMILES string of the molecule is O=C(c1ccccc1)[C@H]([C@@H](NCc1ccccc1)C(F)(F)F)[N+](=O)[O-]. The average Bonchev–Trinajstić information content (AvgIpc) is 2.58. The van der Waals surface area contributed by atoms with Gasteiger partial charge in [0.2, 0.25) is 5.78 Å². The molecule has 0 amide bonds. The summed E-state index contributed by atoms with van der Waals surface area (Å²) in [5.41, 5.74) is 0.381. The van der Waals surface area contributed by atoms with Gasteiger partial charge in [-0.2, -0.15) is 13.2 Å². The topological polar surface area (TPSA) is 72.2 Å². The molecule has 0 saturated heterocycles. The normalized spacial score (nSPS) is 13.9. The summed E-state index contributed by atoms with van der Waals surface area (Å²) in [5, 5.41) is 13.4. The molecule has 1 N–H and O–H groups in total. The second-order valence-electron chi connectivity index (χ2n) is 5.35. The molecule has 0 aromatic heterocycles. The number of hydrogen-bond donors (Lipinski definition) is 1. The maximum Gasteiger partial charge on any atom is 0.411 e. The Morgan fingerprint density at radius 1 is 1.04 bits per heavy atom. The van der Waals surface area contributed by atoms with Crippen molar-refractivity contribution in [1.29, 1.82) is 0 Å². The predicted molar refractivity (Wildman–Crippen MR) is 84.7 cm³/mol. The molecule has 25 heavy (non-hydrogen) atoms.